The van der Waals surface area contributed by atoms with Crippen molar-refractivity contribution < 1.29 is 14.3 Å². The highest BCUT2D eigenvalue weighted by atomic mass is 16.5. The molecule has 6 nitrogen and oxygen atoms in total. The van der Waals surface area contributed by atoms with Gasteiger partial charge in [0.05, 0.1) is 7.11 Å². The van der Waals surface area contributed by atoms with E-state index in [-0.39, 0.29) is 12.5 Å². The zero-order valence-corrected chi connectivity index (χ0v) is 14.8. The quantitative estimate of drug-likeness (QED) is 0.711. The average Bonchev–Trinajstić information content (AvgIpc) is 3.11. The van der Waals surface area contributed by atoms with Gasteiger partial charge < -0.3 is 19.4 Å². The molecule has 1 N–H and O–H groups in total. The monoisotopic (exact) mass is 351 g/mol. The number of hydrogen-bond donors (Lipinski definition) is 1. The van der Waals surface area contributed by atoms with Gasteiger partial charge in [-0.3, -0.25) is 4.79 Å². The fourth-order valence-corrected chi connectivity index (χ4v) is 2.64. The molecule has 1 amide bonds. The number of hydrogen-bond acceptors (Lipinski definition) is 4. The van der Waals surface area contributed by atoms with Gasteiger partial charge in [-0.25, -0.2) is 4.98 Å². The molecule has 6 heteroatoms. The number of amides is 1. The highest BCUT2D eigenvalue weighted by Crippen LogP contribution is 2.24. The Morgan fingerprint density at radius 1 is 1.15 bits per heavy atom. The summed E-state index contributed by atoms with van der Waals surface area (Å²) in [4.78, 5) is 16.8. The van der Waals surface area contributed by atoms with Gasteiger partial charge in [0.1, 0.15) is 23.4 Å². The van der Waals surface area contributed by atoms with Crippen molar-refractivity contribution in [1.82, 2.24) is 14.9 Å². The first kappa shape index (κ1) is 17.5. The van der Waals surface area contributed by atoms with Crippen LogP contribution < -0.4 is 14.8 Å². The fraction of sp³-hybridized carbons (Fsp3) is 0.200. The number of rotatable bonds is 7. The van der Waals surface area contributed by atoms with Crippen LogP contribution in [0.5, 0.6) is 11.5 Å². The molecule has 1 aromatic heterocycles. The highest BCUT2D eigenvalue weighted by Gasteiger charge is 2.21. The van der Waals surface area contributed by atoms with E-state index in [1.807, 2.05) is 72.4 Å². The van der Waals surface area contributed by atoms with Crippen LogP contribution in [0.1, 0.15) is 17.4 Å². The number of imidazole rings is 1. The highest BCUT2D eigenvalue weighted by molar-refractivity contribution is 5.78. The van der Waals surface area contributed by atoms with Crippen LogP contribution in [0.2, 0.25) is 0 Å². The van der Waals surface area contributed by atoms with Crippen LogP contribution in [0.3, 0.4) is 0 Å². The van der Waals surface area contributed by atoms with Crippen molar-refractivity contribution in [3.8, 4) is 11.5 Å². The number of nitrogens with zero attached hydrogens (tertiary/aromatic N) is 2. The summed E-state index contributed by atoms with van der Waals surface area (Å²) in [6, 6.07) is 16.4. The standard InChI is InChI=1S/C20H21N3O3/c1-23-12-11-21-20(23)19(15-7-6-10-17(13-15)25-2)22-18(24)14-26-16-8-4-3-5-9-16/h3-13,19H,14H2,1-2H3,(H,22,24). The first-order valence-electron chi connectivity index (χ1n) is 8.26. The van der Waals surface area contributed by atoms with Crippen molar-refractivity contribution in [2.45, 2.75) is 6.04 Å². The average molecular weight is 351 g/mol. The Bertz CT molecular complexity index is 862. The van der Waals surface area contributed by atoms with E-state index in [0.717, 1.165) is 17.1 Å². The van der Waals surface area contributed by atoms with Crippen molar-refractivity contribution in [2.24, 2.45) is 7.05 Å². The Hall–Kier alpha value is -3.28. The van der Waals surface area contributed by atoms with E-state index in [4.69, 9.17) is 9.47 Å². The summed E-state index contributed by atoms with van der Waals surface area (Å²) in [5.41, 5.74) is 0.881. The number of methoxy groups -OCH3 is 1. The predicted molar refractivity (Wildman–Crippen MR) is 98.1 cm³/mol. The van der Waals surface area contributed by atoms with Crippen LogP contribution in [0.15, 0.2) is 67.0 Å². The molecule has 1 heterocycles. The van der Waals surface area contributed by atoms with Crippen LogP contribution >= 0.6 is 0 Å². The van der Waals surface area contributed by atoms with Crippen LogP contribution in [0.4, 0.5) is 0 Å². The molecule has 0 saturated carbocycles. The molecule has 0 radical (unpaired) electrons. The summed E-state index contributed by atoms with van der Waals surface area (Å²) in [6.45, 7) is -0.0745. The lowest BCUT2D eigenvalue weighted by Gasteiger charge is -2.20. The van der Waals surface area contributed by atoms with E-state index in [2.05, 4.69) is 10.3 Å². The van der Waals surface area contributed by atoms with Crippen LogP contribution in [0, 0.1) is 0 Å². The van der Waals surface area contributed by atoms with Crippen LogP contribution in [0.25, 0.3) is 0 Å². The second-order valence-corrected chi connectivity index (χ2v) is 5.78. The zero-order chi connectivity index (χ0) is 18.4. The Balaban J connectivity index is 1.77. The maximum atomic E-state index is 12.5. The van der Waals surface area contributed by atoms with Crippen LogP contribution in [-0.2, 0) is 11.8 Å². The van der Waals surface area contributed by atoms with Gasteiger partial charge in [0.15, 0.2) is 6.61 Å². The van der Waals surface area contributed by atoms with Crippen molar-refractivity contribution in [3.63, 3.8) is 0 Å². The second-order valence-electron chi connectivity index (χ2n) is 5.78. The van der Waals surface area contributed by atoms with Gasteiger partial charge in [-0.2, -0.15) is 0 Å². The molecular formula is C20H21N3O3. The van der Waals surface area contributed by atoms with E-state index in [9.17, 15) is 4.79 Å². The summed E-state index contributed by atoms with van der Waals surface area (Å²) in [5.74, 6) is 1.87. The summed E-state index contributed by atoms with van der Waals surface area (Å²) in [5, 5.41) is 3.00. The third-order valence-corrected chi connectivity index (χ3v) is 3.96. The van der Waals surface area contributed by atoms with Crippen molar-refractivity contribution in [1.29, 1.82) is 0 Å². The first-order valence-corrected chi connectivity index (χ1v) is 8.26. The van der Waals surface area contributed by atoms with E-state index in [0.29, 0.717) is 5.75 Å². The molecule has 0 fully saturated rings. The number of ether oxygens (including phenoxy) is 2. The molecule has 1 atom stereocenters. The molecule has 0 saturated heterocycles. The SMILES string of the molecule is COc1cccc(C(NC(=O)COc2ccccc2)c2nccn2C)c1. The molecule has 2 aromatic carbocycles. The molecule has 134 valence electrons. The minimum atomic E-state index is -0.406. The molecule has 1 unspecified atom stereocenters. The number of carbonyl (C=O) groups excluding carboxylic acids is 1. The van der Waals surface area contributed by atoms with Gasteiger partial charge in [0.2, 0.25) is 0 Å². The van der Waals surface area contributed by atoms with Crippen molar-refractivity contribution in [2.75, 3.05) is 13.7 Å². The van der Waals surface area contributed by atoms with Gasteiger partial charge in [0.25, 0.3) is 5.91 Å². The largest absolute Gasteiger partial charge is 0.497 e. The Morgan fingerprint density at radius 2 is 1.92 bits per heavy atom. The topological polar surface area (TPSA) is 65.4 Å². The summed E-state index contributed by atoms with van der Waals surface area (Å²) in [6.07, 6.45) is 3.55. The molecule has 0 aliphatic heterocycles. The van der Waals surface area contributed by atoms with Gasteiger partial charge in [-0.1, -0.05) is 30.3 Å². The normalized spacial score (nSPS) is 11.6. The second kappa shape index (κ2) is 8.20. The Labute approximate surface area is 152 Å². The number of aromatic nitrogens is 2. The van der Waals surface area contributed by atoms with Gasteiger partial charge in [0, 0.05) is 19.4 Å². The molecule has 0 aliphatic rings. The minimum absolute atomic E-state index is 0.0745. The third-order valence-electron chi connectivity index (χ3n) is 3.96. The van der Waals surface area contributed by atoms with E-state index in [1.54, 1.807) is 13.3 Å². The number of para-hydroxylation sites is 1. The number of carbonyl (C=O) groups is 1. The molecule has 0 spiro atoms. The molecule has 0 bridgehead atoms. The maximum Gasteiger partial charge on any atom is 0.258 e. The molecule has 0 aliphatic carbocycles. The lowest BCUT2D eigenvalue weighted by molar-refractivity contribution is -0.123. The van der Waals surface area contributed by atoms with E-state index >= 15 is 0 Å². The van der Waals surface area contributed by atoms with Crippen LogP contribution in [-0.4, -0.2) is 29.2 Å². The van der Waals surface area contributed by atoms with E-state index < -0.39 is 6.04 Å². The summed E-state index contributed by atoms with van der Waals surface area (Å²) >= 11 is 0. The van der Waals surface area contributed by atoms with Crippen molar-refractivity contribution >= 4 is 5.91 Å². The smallest absolute Gasteiger partial charge is 0.258 e. The number of benzene rings is 2. The lowest BCUT2D eigenvalue weighted by Crippen LogP contribution is -2.34. The number of nitrogens with one attached hydrogen (secondary N) is 1. The van der Waals surface area contributed by atoms with Crippen molar-refractivity contribution in [3.05, 3.63) is 78.4 Å². The van der Waals surface area contributed by atoms with Gasteiger partial charge >= 0.3 is 0 Å². The first-order chi connectivity index (χ1) is 12.7. The summed E-state index contributed by atoms with van der Waals surface area (Å²) in [7, 11) is 3.50. The Kier molecular flexibility index (Phi) is 5.53. The van der Waals surface area contributed by atoms with Gasteiger partial charge in [-0.05, 0) is 29.8 Å². The molecule has 3 rings (SSSR count). The molecule has 26 heavy (non-hydrogen) atoms. The lowest BCUT2D eigenvalue weighted by atomic mass is 10.1. The van der Waals surface area contributed by atoms with E-state index in [1.165, 1.54) is 0 Å². The fourth-order valence-electron chi connectivity index (χ4n) is 2.64. The Morgan fingerprint density at radius 3 is 2.62 bits per heavy atom. The summed E-state index contributed by atoms with van der Waals surface area (Å²) < 4.78 is 12.7. The zero-order valence-electron chi connectivity index (χ0n) is 14.8. The molecule has 3 aromatic rings. The molecular weight excluding hydrogens is 330 g/mol. The maximum absolute atomic E-state index is 12.5. The van der Waals surface area contributed by atoms with Gasteiger partial charge in [-0.15, -0.1) is 0 Å². The number of aryl methyl sites for hydroxylation is 1. The third kappa shape index (κ3) is 4.22. The minimum Gasteiger partial charge on any atom is -0.497 e. The predicted octanol–water partition coefficient (Wildman–Crippen LogP) is 2.71.